The number of rotatable bonds is 10. The predicted octanol–water partition coefficient (Wildman–Crippen LogP) is 10.8. The number of aromatic nitrogens is 7. The molecule has 1 aliphatic rings. The van der Waals surface area contributed by atoms with Gasteiger partial charge in [0.2, 0.25) is 26.0 Å². The predicted molar refractivity (Wildman–Crippen MR) is 315 cm³/mol. The molecule has 13 aromatic rings. The summed E-state index contributed by atoms with van der Waals surface area (Å²) in [4.78, 5) is 48.7. The second-order valence-corrected chi connectivity index (χ2v) is 24.4. The molecule has 0 radical (unpaired) electrons. The number of halogens is 3. The first-order valence-corrected chi connectivity index (χ1v) is 29.8. The van der Waals surface area contributed by atoms with Crippen molar-refractivity contribution in [1.29, 1.82) is 0 Å². The van der Waals surface area contributed by atoms with E-state index in [0.717, 1.165) is 35.7 Å². The molecule has 0 bridgehead atoms. The molecule has 9 heterocycles. The molecule has 4 aromatic carbocycles. The summed E-state index contributed by atoms with van der Waals surface area (Å²) in [5, 5.41) is 7.12. The molecule has 0 atom stereocenters. The highest BCUT2D eigenvalue weighted by atomic mass is 32.2. The molecule has 0 spiro atoms. The van der Waals surface area contributed by atoms with Crippen molar-refractivity contribution in [2.45, 2.75) is 18.8 Å². The van der Waals surface area contributed by atoms with Crippen molar-refractivity contribution >= 4 is 120 Å². The topological polar surface area (TPSA) is 233 Å². The number of nitrogens with zero attached hydrogens (tertiary/aromatic N) is 9. The molecule has 84 heavy (non-hydrogen) atoms. The summed E-state index contributed by atoms with van der Waals surface area (Å²) in [6.07, 6.45) is 8.52. The van der Waals surface area contributed by atoms with Crippen LogP contribution >= 0.6 is 0 Å². The Hall–Kier alpha value is -9.94. The number of benzene rings is 4. The Bertz CT molecular complexity index is 5220. The molecule has 19 nitrogen and oxygen atoms in total. The molecular weight excluding hydrogens is 1120 g/mol. The summed E-state index contributed by atoms with van der Waals surface area (Å²) < 4.78 is 112. The second-order valence-electron chi connectivity index (χ2n) is 20.4. The quantitative estimate of drug-likeness (QED) is 0.121. The number of nitrogens with one attached hydrogen (secondary N) is 2. The molecule has 2 amide bonds. The van der Waals surface area contributed by atoms with Gasteiger partial charge in [-0.3, -0.25) is 27.0 Å². The van der Waals surface area contributed by atoms with Crippen molar-refractivity contribution in [1.82, 2.24) is 44.4 Å². The lowest BCUT2D eigenvalue weighted by Gasteiger charge is -2.20. The molecule has 0 aliphatic heterocycles. The number of pyridine rings is 3. The summed E-state index contributed by atoms with van der Waals surface area (Å²) in [5.41, 5.74) is 8.61. The Labute approximate surface area is 475 Å². The molecule has 9 aromatic heterocycles. The van der Waals surface area contributed by atoms with E-state index in [1.807, 2.05) is 6.07 Å². The second kappa shape index (κ2) is 19.6. The lowest BCUT2D eigenvalue weighted by Crippen LogP contribution is -2.25. The number of amides is 2. The smallest absolute Gasteiger partial charge is 0.255 e. The van der Waals surface area contributed by atoms with Gasteiger partial charge in [0, 0.05) is 90.7 Å². The molecule has 0 saturated heterocycles. The van der Waals surface area contributed by atoms with Gasteiger partial charge in [-0.15, -0.1) is 0 Å². The van der Waals surface area contributed by atoms with E-state index >= 15 is 0 Å². The molecule has 422 valence electrons. The van der Waals surface area contributed by atoms with Gasteiger partial charge in [-0.1, -0.05) is 12.1 Å². The number of hydrogen-bond acceptors (Lipinski definition) is 13. The van der Waals surface area contributed by atoms with Crippen molar-refractivity contribution in [3.05, 3.63) is 163 Å². The first-order chi connectivity index (χ1) is 40.2. The number of sulfonamides is 2. The molecule has 0 unspecified atom stereocenters. The van der Waals surface area contributed by atoms with Gasteiger partial charge in [0.25, 0.3) is 11.8 Å². The molecule has 2 N–H and O–H groups in total. The molecule has 14 rings (SSSR count). The molecule has 1 saturated carbocycles. The van der Waals surface area contributed by atoms with Crippen LogP contribution in [0.3, 0.4) is 0 Å². The lowest BCUT2D eigenvalue weighted by molar-refractivity contribution is 0.0955. The first-order valence-electron chi connectivity index (χ1n) is 26.1. The van der Waals surface area contributed by atoms with Crippen LogP contribution in [0.15, 0.2) is 137 Å². The van der Waals surface area contributed by atoms with Crippen molar-refractivity contribution in [3.8, 4) is 33.8 Å². The molecule has 24 heteroatoms. The van der Waals surface area contributed by atoms with Crippen LogP contribution in [0.5, 0.6) is 0 Å². The van der Waals surface area contributed by atoms with E-state index in [2.05, 4.69) is 25.6 Å². The monoisotopic (exact) mass is 1170 g/mol. The number of carbonyl (C=O) groups excluding carboxylic acids is 2. The van der Waals surface area contributed by atoms with Crippen LogP contribution in [0.4, 0.5) is 24.5 Å². The third-order valence-corrected chi connectivity index (χ3v) is 17.6. The molecule has 1 fully saturated rings. The third kappa shape index (κ3) is 8.82. The van der Waals surface area contributed by atoms with Gasteiger partial charge in [-0.25, -0.2) is 50.5 Å². The maximum absolute atomic E-state index is 14.7. The highest BCUT2D eigenvalue weighted by Gasteiger charge is 2.35. The summed E-state index contributed by atoms with van der Waals surface area (Å²) in [7, 11) is -1.52. The zero-order valence-electron chi connectivity index (χ0n) is 45.4. The van der Waals surface area contributed by atoms with Gasteiger partial charge in [-0.2, -0.15) is 4.39 Å². The zero-order chi connectivity index (χ0) is 58.8. The van der Waals surface area contributed by atoms with Crippen LogP contribution in [-0.4, -0.2) is 103 Å². The SMILES string of the molecule is CNC(=O)c1c(-c2ccc(F)nc2)oc2cc(N(C)S(C)(=O)=O)c(-c3ccc4ncn5c6cccc(F)c6cc5c4n3)cc12.CNC(=O)c1c(C2CC2)oc2cc(N(C)S(C)(=O)=O)c(-c3ccc4ncn5c6cccc(F)c6cc5c4n3)cc12. The van der Waals surface area contributed by atoms with Crippen LogP contribution in [0.25, 0.3) is 111 Å². The van der Waals surface area contributed by atoms with E-state index in [4.69, 9.17) is 18.8 Å². The van der Waals surface area contributed by atoms with Crippen LogP contribution < -0.4 is 19.2 Å². The fourth-order valence-corrected chi connectivity index (χ4v) is 11.7. The number of fused-ring (bicyclic) bond motifs is 12. The largest absolute Gasteiger partial charge is 0.460 e. The van der Waals surface area contributed by atoms with Gasteiger partial charge < -0.3 is 19.5 Å². The van der Waals surface area contributed by atoms with Crippen molar-refractivity contribution in [2.24, 2.45) is 0 Å². The van der Waals surface area contributed by atoms with Gasteiger partial charge in [-0.05, 0) is 97.8 Å². The zero-order valence-corrected chi connectivity index (χ0v) is 47.0. The standard InChI is InChI=1S/C31H22F2N6O4S.C29H24FN5O4S/c1-34-31(40)28-19-11-18(24(38(2)44(3,41)42)13-26(19)43-30(28)16-7-10-27(33)35-14-16)21-8-9-22-29(37-21)25-12-17-20(32)5-4-6-23(17)39(25)15-36-22;1-31-29(36)26-18-11-17(23(34(2)40(3,37)38)13-25(18)39-28(26)15-7-8-15)20-9-10-21-27(33-20)24-12-16-19(30)5-4-6-22(16)35(24)14-32-21/h4-15H,1-3H3,(H,34,40);4-6,9-15H,7-8H2,1-3H3,(H,31,36). The van der Waals surface area contributed by atoms with E-state index in [0.29, 0.717) is 116 Å². The van der Waals surface area contributed by atoms with E-state index < -0.39 is 31.9 Å². The fraction of sp³-hybridized carbons (Fsp3) is 0.150. The maximum atomic E-state index is 14.7. The summed E-state index contributed by atoms with van der Waals surface area (Å²) in [6, 6.07) is 29.2. The van der Waals surface area contributed by atoms with Gasteiger partial charge in [0.1, 0.15) is 58.0 Å². The van der Waals surface area contributed by atoms with E-state index in [1.54, 1.807) is 101 Å². The molecular formula is C60H46F3N11O8S2. The van der Waals surface area contributed by atoms with E-state index in [-0.39, 0.29) is 46.1 Å². The Morgan fingerprint density at radius 3 is 1.54 bits per heavy atom. The van der Waals surface area contributed by atoms with E-state index in [1.165, 1.54) is 55.9 Å². The highest BCUT2D eigenvalue weighted by Crippen LogP contribution is 2.48. The fourth-order valence-electron chi connectivity index (χ4n) is 10.7. The minimum absolute atomic E-state index is 0.135. The van der Waals surface area contributed by atoms with Crippen LogP contribution in [-0.2, 0) is 20.0 Å². The Kier molecular flexibility index (Phi) is 12.5. The van der Waals surface area contributed by atoms with Crippen LogP contribution in [0.1, 0.15) is 45.2 Å². The summed E-state index contributed by atoms with van der Waals surface area (Å²) in [6.45, 7) is 0. The van der Waals surface area contributed by atoms with Crippen molar-refractivity contribution < 1.29 is 48.4 Å². The van der Waals surface area contributed by atoms with Gasteiger partial charge in [0.15, 0.2) is 0 Å². The van der Waals surface area contributed by atoms with Crippen LogP contribution in [0.2, 0.25) is 0 Å². The van der Waals surface area contributed by atoms with Gasteiger partial charge in [0.05, 0.1) is 79.5 Å². The van der Waals surface area contributed by atoms with Crippen molar-refractivity contribution in [2.75, 3.05) is 49.3 Å². The number of hydrogen-bond donors (Lipinski definition) is 2. The lowest BCUT2D eigenvalue weighted by atomic mass is 10.0. The Balaban J connectivity index is 0.000000157. The number of anilines is 2. The van der Waals surface area contributed by atoms with Crippen LogP contribution in [0, 0.1) is 17.6 Å². The minimum atomic E-state index is -3.76. The summed E-state index contributed by atoms with van der Waals surface area (Å²) >= 11 is 0. The first kappa shape index (κ1) is 53.4. The number of furan rings is 2. The minimum Gasteiger partial charge on any atom is -0.460 e. The van der Waals surface area contributed by atoms with Gasteiger partial charge >= 0.3 is 0 Å². The summed E-state index contributed by atoms with van der Waals surface area (Å²) in [5.74, 6) is -1.27. The number of carbonyl (C=O) groups is 2. The highest BCUT2D eigenvalue weighted by molar-refractivity contribution is 7.92. The maximum Gasteiger partial charge on any atom is 0.255 e. The Morgan fingerprint density at radius 2 is 1.07 bits per heavy atom. The Morgan fingerprint density at radius 1 is 0.583 bits per heavy atom. The average Bonchev–Trinajstić information content (AvgIpc) is 2.66. The van der Waals surface area contributed by atoms with E-state index in [9.17, 15) is 39.6 Å². The third-order valence-electron chi connectivity index (χ3n) is 15.2. The average molecular weight is 1170 g/mol. The normalized spacial score (nSPS) is 13.0. The molecule has 1 aliphatic carbocycles. The van der Waals surface area contributed by atoms with Crippen molar-refractivity contribution in [3.63, 3.8) is 0 Å².